The molecule has 0 aromatic rings. The second-order valence-corrected chi connectivity index (χ2v) is 4.23. The van der Waals surface area contributed by atoms with Crippen LogP contribution in [-0.4, -0.2) is 35.0 Å². The van der Waals surface area contributed by atoms with Crippen LogP contribution < -0.4 is 10.6 Å². The van der Waals surface area contributed by atoms with Crippen LogP contribution in [0.4, 0.5) is 0 Å². The Morgan fingerprint density at radius 3 is 2.50 bits per heavy atom. The van der Waals surface area contributed by atoms with Crippen LogP contribution in [0.25, 0.3) is 0 Å². The molecular weight excluding hydrogens is 212 g/mol. The molecule has 2 unspecified atom stereocenters. The van der Waals surface area contributed by atoms with Gasteiger partial charge < -0.3 is 15.7 Å². The van der Waals surface area contributed by atoms with Gasteiger partial charge in [-0.05, 0) is 12.3 Å². The van der Waals surface area contributed by atoms with E-state index in [4.69, 9.17) is 5.11 Å². The molecule has 0 saturated carbocycles. The van der Waals surface area contributed by atoms with Crippen molar-refractivity contribution < 1.29 is 19.5 Å². The van der Waals surface area contributed by atoms with Crippen LogP contribution in [-0.2, 0) is 14.4 Å². The molecule has 6 nitrogen and oxygen atoms in total. The number of carboxylic acids is 1. The Morgan fingerprint density at radius 1 is 1.50 bits per heavy atom. The van der Waals surface area contributed by atoms with Gasteiger partial charge in [-0.3, -0.25) is 9.59 Å². The first-order valence-electron chi connectivity index (χ1n) is 5.24. The van der Waals surface area contributed by atoms with Gasteiger partial charge in [0.25, 0.3) is 0 Å². The molecule has 90 valence electrons. The highest BCUT2D eigenvalue weighted by Crippen LogP contribution is 2.08. The predicted octanol–water partition coefficient (Wildman–Crippen LogP) is -0.510. The summed E-state index contributed by atoms with van der Waals surface area (Å²) in [5.74, 6) is -1.85. The fraction of sp³-hybridized carbons (Fsp3) is 0.700. The van der Waals surface area contributed by atoms with E-state index in [1.54, 1.807) is 13.8 Å². The molecular formula is C10H16N2O4. The van der Waals surface area contributed by atoms with Gasteiger partial charge in [0, 0.05) is 6.42 Å². The monoisotopic (exact) mass is 228 g/mol. The van der Waals surface area contributed by atoms with Crippen LogP contribution >= 0.6 is 0 Å². The number of carbonyl (C=O) groups is 3. The molecule has 1 aliphatic rings. The lowest BCUT2D eigenvalue weighted by molar-refractivity contribution is -0.143. The van der Waals surface area contributed by atoms with Gasteiger partial charge >= 0.3 is 5.97 Å². The predicted molar refractivity (Wildman–Crippen MR) is 55.6 cm³/mol. The van der Waals surface area contributed by atoms with Crippen LogP contribution in [0.5, 0.6) is 0 Å². The summed E-state index contributed by atoms with van der Waals surface area (Å²) in [6, 6.07) is -1.50. The maximum absolute atomic E-state index is 11.6. The molecule has 0 bridgehead atoms. The maximum Gasteiger partial charge on any atom is 0.326 e. The first-order chi connectivity index (χ1) is 7.41. The van der Waals surface area contributed by atoms with E-state index < -0.39 is 24.0 Å². The highest BCUT2D eigenvalue weighted by atomic mass is 16.4. The highest BCUT2D eigenvalue weighted by Gasteiger charge is 2.31. The Labute approximate surface area is 93.4 Å². The van der Waals surface area contributed by atoms with Crippen molar-refractivity contribution in [3.8, 4) is 0 Å². The summed E-state index contributed by atoms with van der Waals surface area (Å²) in [5, 5.41) is 13.8. The molecule has 6 heteroatoms. The largest absolute Gasteiger partial charge is 0.480 e. The second-order valence-electron chi connectivity index (χ2n) is 4.23. The minimum atomic E-state index is -1.06. The summed E-state index contributed by atoms with van der Waals surface area (Å²) in [6.07, 6.45) is 0.743. The summed E-state index contributed by atoms with van der Waals surface area (Å²) in [4.78, 5) is 33.4. The van der Waals surface area contributed by atoms with Crippen LogP contribution in [0.2, 0.25) is 0 Å². The number of hydrogen-bond acceptors (Lipinski definition) is 3. The van der Waals surface area contributed by atoms with E-state index in [1.807, 2.05) is 0 Å². The van der Waals surface area contributed by atoms with Gasteiger partial charge in [-0.25, -0.2) is 4.79 Å². The lowest BCUT2D eigenvalue weighted by atomic mass is 10.0. The minimum absolute atomic E-state index is 0.170. The zero-order chi connectivity index (χ0) is 12.3. The standard InChI is InChI=1S/C10H16N2O4/c1-5(2)8(10(15)16)12-9(14)6-3-4-7(13)11-6/h5-6,8H,3-4H2,1-2H3,(H,11,13)(H,12,14)(H,15,16). The molecule has 1 fully saturated rings. The molecule has 0 spiro atoms. The summed E-state index contributed by atoms with van der Waals surface area (Å²) in [7, 11) is 0. The molecule has 0 aromatic carbocycles. The molecule has 16 heavy (non-hydrogen) atoms. The second kappa shape index (κ2) is 4.96. The summed E-state index contributed by atoms with van der Waals surface area (Å²) < 4.78 is 0. The highest BCUT2D eigenvalue weighted by molar-refractivity contribution is 5.92. The van der Waals surface area contributed by atoms with Crippen molar-refractivity contribution >= 4 is 17.8 Å². The summed E-state index contributed by atoms with van der Waals surface area (Å²) in [5.41, 5.74) is 0. The number of hydrogen-bond donors (Lipinski definition) is 3. The summed E-state index contributed by atoms with van der Waals surface area (Å²) in [6.45, 7) is 3.43. The van der Waals surface area contributed by atoms with Gasteiger partial charge in [-0.2, -0.15) is 0 Å². The third-order valence-electron chi connectivity index (χ3n) is 2.54. The van der Waals surface area contributed by atoms with Gasteiger partial charge in [-0.1, -0.05) is 13.8 Å². The van der Waals surface area contributed by atoms with E-state index in [0.717, 1.165) is 0 Å². The third kappa shape index (κ3) is 2.95. The van der Waals surface area contributed by atoms with Gasteiger partial charge in [0.05, 0.1) is 0 Å². The van der Waals surface area contributed by atoms with Crippen LogP contribution in [0.3, 0.4) is 0 Å². The molecule has 2 amide bonds. The molecule has 1 rings (SSSR count). The maximum atomic E-state index is 11.6. The topological polar surface area (TPSA) is 95.5 Å². The van der Waals surface area contributed by atoms with E-state index in [1.165, 1.54) is 0 Å². The molecule has 0 radical (unpaired) electrons. The number of aliphatic carboxylic acids is 1. The van der Waals surface area contributed by atoms with Gasteiger partial charge in [-0.15, -0.1) is 0 Å². The van der Waals surface area contributed by atoms with E-state index in [2.05, 4.69) is 10.6 Å². The molecule has 3 N–H and O–H groups in total. The van der Waals surface area contributed by atoms with Crippen LogP contribution in [0.1, 0.15) is 26.7 Å². The van der Waals surface area contributed by atoms with E-state index in [0.29, 0.717) is 12.8 Å². The van der Waals surface area contributed by atoms with Crippen molar-refractivity contribution in [3.63, 3.8) is 0 Å². The molecule has 1 heterocycles. The number of carboxylic acid groups (broad SMARTS) is 1. The summed E-state index contributed by atoms with van der Waals surface area (Å²) >= 11 is 0. The lowest BCUT2D eigenvalue weighted by Gasteiger charge is -2.20. The third-order valence-corrected chi connectivity index (χ3v) is 2.54. The molecule has 1 saturated heterocycles. The van der Waals surface area contributed by atoms with Crippen molar-refractivity contribution in [3.05, 3.63) is 0 Å². The Balaban J connectivity index is 2.55. The number of nitrogens with one attached hydrogen (secondary N) is 2. The average molecular weight is 228 g/mol. The van der Waals surface area contributed by atoms with Crippen molar-refractivity contribution in [2.75, 3.05) is 0 Å². The zero-order valence-corrected chi connectivity index (χ0v) is 9.32. The average Bonchev–Trinajstić information content (AvgIpc) is 2.59. The van der Waals surface area contributed by atoms with Crippen molar-refractivity contribution in [2.45, 2.75) is 38.8 Å². The first-order valence-corrected chi connectivity index (χ1v) is 5.24. The Kier molecular flexibility index (Phi) is 3.87. The van der Waals surface area contributed by atoms with E-state index in [9.17, 15) is 14.4 Å². The lowest BCUT2D eigenvalue weighted by Crippen LogP contribution is -2.50. The van der Waals surface area contributed by atoms with Gasteiger partial charge in [0.1, 0.15) is 12.1 Å². The molecule has 1 aliphatic heterocycles. The SMILES string of the molecule is CC(C)C(NC(=O)C1CCC(=O)N1)C(=O)O. The van der Waals surface area contributed by atoms with Crippen molar-refractivity contribution in [1.29, 1.82) is 0 Å². The van der Waals surface area contributed by atoms with Gasteiger partial charge in [0.15, 0.2) is 0 Å². The van der Waals surface area contributed by atoms with Crippen LogP contribution in [0, 0.1) is 5.92 Å². The fourth-order valence-corrected chi connectivity index (χ4v) is 1.58. The fourth-order valence-electron chi connectivity index (χ4n) is 1.58. The smallest absolute Gasteiger partial charge is 0.326 e. The van der Waals surface area contributed by atoms with Crippen molar-refractivity contribution in [2.24, 2.45) is 5.92 Å². The zero-order valence-electron chi connectivity index (χ0n) is 9.32. The molecule has 2 atom stereocenters. The molecule has 0 aliphatic carbocycles. The molecule has 0 aromatic heterocycles. The quantitative estimate of drug-likeness (QED) is 0.604. The Morgan fingerprint density at radius 2 is 2.12 bits per heavy atom. The normalized spacial score (nSPS) is 21.7. The van der Waals surface area contributed by atoms with Gasteiger partial charge in [0.2, 0.25) is 11.8 Å². The van der Waals surface area contributed by atoms with E-state index in [-0.39, 0.29) is 11.8 Å². The number of carbonyl (C=O) groups excluding carboxylic acids is 2. The minimum Gasteiger partial charge on any atom is -0.480 e. The Hall–Kier alpha value is -1.59. The Bertz CT molecular complexity index is 314. The number of rotatable bonds is 4. The van der Waals surface area contributed by atoms with E-state index >= 15 is 0 Å². The first kappa shape index (κ1) is 12.5. The number of amides is 2. The van der Waals surface area contributed by atoms with Crippen molar-refractivity contribution in [1.82, 2.24) is 10.6 Å². The van der Waals surface area contributed by atoms with Crippen LogP contribution in [0.15, 0.2) is 0 Å².